The number of hydrogen-bond acceptors (Lipinski definition) is 4. The first kappa shape index (κ1) is 30.0. The lowest BCUT2D eigenvalue weighted by molar-refractivity contribution is -0.182. The number of ether oxygens (including phenoxy) is 1. The number of fused-ring (bicyclic) bond motifs is 4. The van der Waals surface area contributed by atoms with Crippen LogP contribution in [0, 0.1) is 50.7 Å². The van der Waals surface area contributed by atoms with Crippen LogP contribution >= 0.6 is 0 Å². The zero-order chi connectivity index (χ0) is 30.7. The highest BCUT2D eigenvalue weighted by molar-refractivity contribution is 5.73. The summed E-state index contributed by atoms with van der Waals surface area (Å²) < 4.78 is 7.00. The minimum absolute atomic E-state index is 0.0000468. The van der Waals surface area contributed by atoms with Gasteiger partial charge in [0, 0.05) is 32.6 Å². The lowest BCUT2D eigenvalue weighted by Crippen LogP contribution is -2.59. The van der Waals surface area contributed by atoms with Crippen molar-refractivity contribution in [2.45, 2.75) is 117 Å². The van der Waals surface area contributed by atoms with E-state index in [1.807, 2.05) is 37.2 Å². The smallest absolute Gasteiger partial charge is 0.319 e. The van der Waals surface area contributed by atoms with Gasteiger partial charge in [0.15, 0.2) is 0 Å². The highest BCUT2D eigenvalue weighted by atomic mass is 16.5. The molecule has 6 fully saturated rings. The minimum Gasteiger partial charge on any atom is -0.393 e. The molecule has 2 amide bonds. The van der Waals surface area contributed by atoms with Gasteiger partial charge >= 0.3 is 6.03 Å². The summed E-state index contributed by atoms with van der Waals surface area (Å²) in [7, 11) is 3.63. The van der Waals surface area contributed by atoms with Gasteiger partial charge in [-0.05, 0) is 102 Å². The Kier molecular flexibility index (Phi) is 6.77. The van der Waals surface area contributed by atoms with Gasteiger partial charge in [0.25, 0.3) is 0 Å². The largest absolute Gasteiger partial charge is 0.393 e. The molecule has 0 radical (unpaired) electrons. The fraction of sp³-hybridized carbons (Fsp3) is 0.811. The summed E-state index contributed by atoms with van der Waals surface area (Å²) in [5, 5.41) is 23.5. The first-order valence-electron chi connectivity index (χ1n) is 17.2. The normalized spacial score (nSPS) is 49.0. The van der Waals surface area contributed by atoms with Crippen LogP contribution in [0.1, 0.15) is 91.5 Å². The van der Waals surface area contributed by atoms with E-state index in [0.29, 0.717) is 47.6 Å². The van der Waals surface area contributed by atoms with Crippen LogP contribution in [-0.4, -0.2) is 71.1 Å². The maximum atomic E-state index is 13.3. The topological polar surface area (TPSA) is 73.2 Å². The minimum atomic E-state index is -0.501. The second-order valence-electron chi connectivity index (χ2n) is 17.2. The van der Waals surface area contributed by atoms with Crippen molar-refractivity contribution in [3.05, 3.63) is 35.9 Å². The summed E-state index contributed by atoms with van der Waals surface area (Å²) in [6.07, 6.45) is 8.05. The lowest BCUT2D eigenvalue weighted by atomic mass is 9.41. The standard InChI is InChI=1S/C37H56N2O4/c1-23-19-25(21-39(32(42)38(6)7)20-24-11-9-8-10-12-24)43-30-29(23)34(4)17-18-37-22-36(37)16-15-28(40)33(2,3)26(36)13-14-27(37)35(34,5)31(30)41/h8-12,23,25-31,40-41H,13-22H2,1-7H3/t23-,25?,26+,27?,28?,29+,30?,31+,34?,35-,36?,37?/m1/s1. The molecule has 7 unspecified atom stereocenters. The van der Waals surface area contributed by atoms with E-state index in [4.69, 9.17) is 4.74 Å². The molecular weight excluding hydrogens is 536 g/mol. The number of carbonyl (C=O) groups excluding carboxylic acids is 1. The Morgan fingerprint density at radius 2 is 1.63 bits per heavy atom. The van der Waals surface area contributed by atoms with Crippen LogP contribution in [0.25, 0.3) is 0 Å². The number of urea groups is 1. The predicted octanol–water partition coefficient (Wildman–Crippen LogP) is 6.34. The molecule has 238 valence electrons. The third-order valence-corrected chi connectivity index (χ3v) is 15.1. The van der Waals surface area contributed by atoms with E-state index in [9.17, 15) is 15.0 Å². The van der Waals surface area contributed by atoms with E-state index in [2.05, 4.69) is 46.8 Å². The quantitative estimate of drug-likeness (QED) is 0.428. The Balaban J connectivity index is 1.16. The molecule has 43 heavy (non-hydrogen) atoms. The average molecular weight is 593 g/mol. The van der Waals surface area contributed by atoms with E-state index >= 15 is 0 Å². The van der Waals surface area contributed by atoms with Gasteiger partial charge in [-0.1, -0.05) is 65.0 Å². The van der Waals surface area contributed by atoms with Gasteiger partial charge in [-0.3, -0.25) is 0 Å². The summed E-state index contributed by atoms with van der Waals surface area (Å²) in [6, 6.07) is 10.2. The molecule has 1 aromatic rings. The number of carbonyl (C=O) groups is 1. The zero-order valence-corrected chi connectivity index (χ0v) is 27.7. The second kappa shape index (κ2) is 9.69. The lowest BCUT2D eigenvalue weighted by Gasteiger charge is -2.63. The van der Waals surface area contributed by atoms with Crippen molar-refractivity contribution >= 4 is 6.03 Å². The van der Waals surface area contributed by atoms with Gasteiger partial charge in [0.1, 0.15) is 0 Å². The predicted molar refractivity (Wildman–Crippen MR) is 168 cm³/mol. The van der Waals surface area contributed by atoms with Crippen molar-refractivity contribution in [1.29, 1.82) is 0 Å². The maximum Gasteiger partial charge on any atom is 0.319 e. The van der Waals surface area contributed by atoms with Crippen LogP contribution in [0.15, 0.2) is 30.3 Å². The van der Waals surface area contributed by atoms with Crippen LogP contribution in [0.2, 0.25) is 0 Å². The van der Waals surface area contributed by atoms with Crippen molar-refractivity contribution in [3.63, 3.8) is 0 Å². The molecule has 1 aromatic carbocycles. The van der Waals surface area contributed by atoms with Crippen LogP contribution < -0.4 is 0 Å². The van der Waals surface area contributed by atoms with Gasteiger partial charge in [-0.25, -0.2) is 4.79 Å². The van der Waals surface area contributed by atoms with Crippen LogP contribution in [0.4, 0.5) is 4.79 Å². The maximum absolute atomic E-state index is 13.3. The summed E-state index contributed by atoms with van der Waals surface area (Å²) in [4.78, 5) is 16.9. The zero-order valence-electron chi connectivity index (χ0n) is 27.7. The molecule has 1 aliphatic heterocycles. The molecule has 5 saturated carbocycles. The van der Waals surface area contributed by atoms with Crippen molar-refractivity contribution in [3.8, 4) is 0 Å². The second-order valence-corrected chi connectivity index (χ2v) is 17.2. The number of nitrogens with zero attached hydrogens (tertiary/aromatic N) is 2. The Hall–Kier alpha value is -1.63. The number of benzene rings is 1. The Morgan fingerprint density at radius 1 is 0.953 bits per heavy atom. The van der Waals surface area contributed by atoms with Crippen molar-refractivity contribution in [1.82, 2.24) is 9.80 Å². The molecule has 12 atom stereocenters. The van der Waals surface area contributed by atoms with Gasteiger partial charge in [-0.2, -0.15) is 0 Å². The first-order chi connectivity index (χ1) is 20.2. The highest BCUT2D eigenvalue weighted by Crippen LogP contribution is 2.89. The fourth-order valence-electron chi connectivity index (χ4n) is 13.1. The van der Waals surface area contributed by atoms with Gasteiger partial charge in [-0.15, -0.1) is 0 Å². The van der Waals surface area contributed by atoms with Crippen molar-refractivity contribution in [2.24, 2.45) is 50.7 Å². The number of hydrogen-bond donors (Lipinski definition) is 2. The Bertz CT molecular complexity index is 1250. The molecule has 6 aliphatic rings. The number of rotatable bonds is 4. The molecule has 1 heterocycles. The Labute approximate surface area is 259 Å². The van der Waals surface area contributed by atoms with Crippen LogP contribution in [-0.2, 0) is 11.3 Å². The number of aliphatic hydroxyl groups excluding tert-OH is 2. The highest BCUT2D eigenvalue weighted by Gasteiger charge is 2.84. The van der Waals surface area contributed by atoms with Crippen LogP contribution in [0.3, 0.4) is 0 Å². The molecule has 6 nitrogen and oxygen atoms in total. The van der Waals surface area contributed by atoms with Crippen LogP contribution in [0.5, 0.6) is 0 Å². The number of amides is 2. The molecular formula is C37H56N2O4. The first-order valence-corrected chi connectivity index (χ1v) is 17.2. The average Bonchev–Trinajstić information content (AvgIpc) is 3.60. The van der Waals surface area contributed by atoms with Crippen molar-refractivity contribution in [2.75, 3.05) is 20.6 Å². The third kappa shape index (κ3) is 3.84. The van der Waals surface area contributed by atoms with E-state index in [0.717, 1.165) is 37.7 Å². The van der Waals surface area contributed by atoms with Gasteiger partial charge < -0.3 is 24.7 Å². The Morgan fingerprint density at radius 3 is 2.33 bits per heavy atom. The monoisotopic (exact) mass is 592 g/mol. The fourth-order valence-corrected chi connectivity index (χ4v) is 13.1. The van der Waals surface area contributed by atoms with E-state index in [1.165, 1.54) is 19.3 Å². The molecule has 1 saturated heterocycles. The SMILES string of the molecule is C[C@@H]1CC(CN(Cc2ccccc2)C(=O)N(C)C)OC2[C@H]1C1(C)CCC34CC35CCC(O)C(C)(C)[C@@H]5CCC4[C@]1(C)[C@H]2O. The third-order valence-electron chi connectivity index (χ3n) is 15.1. The summed E-state index contributed by atoms with van der Waals surface area (Å²) in [5.74, 6) is 1.82. The molecule has 0 aromatic heterocycles. The summed E-state index contributed by atoms with van der Waals surface area (Å²) in [5.41, 5.74) is 1.57. The molecule has 6 heteroatoms. The number of aliphatic hydroxyl groups is 2. The molecule has 5 aliphatic carbocycles. The molecule has 2 spiro atoms. The molecule has 2 N–H and O–H groups in total. The van der Waals surface area contributed by atoms with Gasteiger partial charge in [0.2, 0.25) is 0 Å². The summed E-state index contributed by atoms with van der Waals surface area (Å²) in [6.45, 7) is 13.1. The summed E-state index contributed by atoms with van der Waals surface area (Å²) >= 11 is 0. The van der Waals surface area contributed by atoms with Crippen molar-refractivity contribution < 1.29 is 19.7 Å². The molecule has 7 rings (SSSR count). The van der Waals surface area contributed by atoms with E-state index in [1.54, 1.807) is 4.90 Å². The van der Waals surface area contributed by atoms with E-state index in [-0.39, 0.29) is 40.6 Å². The van der Waals surface area contributed by atoms with E-state index < -0.39 is 6.10 Å². The molecule has 0 bridgehead atoms. The van der Waals surface area contributed by atoms with Gasteiger partial charge in [0.05, 0.1) is 24.4 Å².